The van der Waals surface area contributed by atoms with Gasteiger partial charge < -0.3 is 15.2 Å². The summed E-state index contributed by atoms with van der Waals surface area (Å²) < 4.78 is 31.4. The molecular formula is C16H19F2N3O3. The molecule has 0 radical (unpaired) electrons. The lowest BCUT2D eigenvalue weighted by Gasteiger charge is -2.08. The van der Waals surface area contributed by atoms with Gasteiger partial charge in [0.15, 0.2) is 0 Å². The number of anilines is 1. The lowest BCUT2D eigenvalue weighted by Crippen LogP contribution is -2.15. The van der Waals surface area contributed by atoms with Crippen LogP contribution in [0.4, 0.5) is 14.5 Å². The second-order valence-electron chi connectivity index (χ2n) is 5.19. The molecule has 0 aliphatic heterocycles. The van der Waals surface area contributed by atoms with Gasteiger partial charge in [-0.3, -0.25) is 4.79 Å². The number of aryl methyl sites for hydroxylation is 1. The maximum Gasteiger partial charge on any atom is 0.333 e. The van der Waals surface area contributed by atoms with Crippen molar-refractivity contribution < 1.29 is 23.4 Å². The van der Waals surface area contributed by atoms with Crippen LogP contribution in [-0.4, -0.2) is 34.0 Å². The van der Waals surface area contributed by atoms with Crippen LogP contribution in [0.25, 0.3) is 0 Å². The largest absolute Gasteiger partial charge is 0.491 e. The van der Waals surface area contributed by atoms with E-state index in [-0.39, 0.29) is 31.2 Å². The molecule has 2 aromatic rings. The van der Waals surface area contributed by atoms with E-state index in [0.29, 0.717) is 27.4 Å². The number of nitrogens with one attached hydrogen (secondary N) is 1. The first kappa shape index (κ1) is 17.9. The van der Waals surface area contributed by atoms with E-state index in [9.17, 15) is 13.6 Å². The van der Waals surface area contributed by atoms with Gasteiger partial charge in [-0.2, -0.15) is 13.9 Å². The predicted molar refractivity (Wildman–Crippen MR) is 84.3 cm³/mol. The maximum absolute atomic E-state index is 12.8. The van der Waals surface area contributed by atoms with E-state index in [0.717, 1.165) is 0 Å². The Morgan fingerprint density at radius 1 is 1.33 bits per heavy atom. The van der Waals surface area contributed by atoms with Crippen molar-refractivity contribution in [3.05, 3.63) is 41.2 Å². The van der Waals surface area contributed by atoms with Gasteiger partial charge in [-0.05, 0) is 38.1 Å². The summed E-state index contributed by atoms with van der Waals surface area (Å²) >= 11 is 0. The molecule has 0 unspecified atom stereocenters. The Morgan fingerprint density at radius 2 is 2.00 bits per heavy atom. The maximum atomic E-state index is 12.8. The van der Waals surface area contributed by atoms with Gasteiger partial charge in [0.2, 0.25) is 5.91 Å². The number of aliphatic hydroxyl groups is 1. The van der Waals surface area contributed by atoms with Crippen LogP contribution in [0.3, 0.4) is 0 Å². The quantitative estimate of drug-likeness (QED) is 0.812. The fourth-order valence-corrected chi connectivity index (χ4v) is 2.31. The SMILES string of the molecule is Cc1nn(C(F)F)c(C)c1CC(=O)Nc1ccc(OCCO)cc1. The first-order chi connectivity index (χ1) is 11.4. The van der Waals surface area contributed by atoms with Crippen molar-refractivity contribution in [3.63, 3.8) is 0 Å². The molecule has 130 valence electrons. The molecule has 6 nitrogen and oxygen atoms in total. The highest BCUT2D eigenvalue weighted by Crippen LogP contribution is 2.21. The number of carbonyl (C=O) groups is 1. The van der Waals surface area contributed by atoms with Gasteiger partial charge in [0, 0.05) is 16.9 Å². The van der Waals surface area contributed by atoms with Crippen LogP contribution in [0.5, 0.6) is 5.75 Å². The molecule has 2 rings (SSSR count). The Balaban J connectivity index is 2.01. The molecular weight excluding hydrogens is 320 g/mol. The number of aliphatic hydroxyl groups excluding tert-OH is 1. The van der Waals surface area contributed by atoms with Crippen molar-refractivity contribution in [2.45, 2.75) is 26.8 Å². The number of benzene rings is 1. The zero-order valence-corrected chi connectivity index (χ0v) is 13.4. The number of nitrogens with zero attached hydrogens (tertiary/aromatic N) is 2. The zero-order chi connectivity index (χ0) is 17.7. The number of amides is 1. The number of aromatic nitrogens is 2. The molecule has 0 aliphatic rings. The molecule has 0 saturated heterocycles. The van der Waals surface area contributed by atoms with Gasteiger partial charge in [0.1, 0.15) is 12.4 Å². The summed E-state index contributed by atoms with van der Waals surface area (Å²) in [4.78, 5) is 12.1. The van der Waals surface area contributed by atoms with Gasteiger partial charge in [0.25, 0.3) is 0 Å². The van der Waals surface area contributed by atoms with Gasteiger partial charge >= 0.3 is 6.55 Å². The minimum atomic E-state index is -2.73. The van der Waals surface area contributed by atoms with Gasteiger partial charge in [-0.1, -0.05) is 0 Å². The summed E-state index contributed by atoms with van der Waals surface area (Å²) in [5, 5.41) is 15.1. The van der Waals surface area contributed by atoms with Crippen molar-refractivity contribution in [2.75, 3.05) is 18.5 Å². The average Bonchev–Trinajstić information content (AvgIpc) is 2.82. The molecule has 8 heteroatoms. The number of ether oxygens (including phenoxy) is 1. The second kappa shape index (κ2) is 7.87. The Bertz CT molecular complexity index is 699. The molecule has 1 aromatic heterocycles. The molecule has 2 N–H and O–H groups in total. The monoisotopic (exact) mass is 339 g/mol. The normalized spacial score (nSPS) is 10.9. The van der Waals surface area contributed by atoms with Crippen LogP contribution in [0.15, 0.2) is 24.3 Å². The number of carbonyl (C=O) groups excluding carboxylic acids is 1. The first-order valence-electron chi connectivity index (χ1n) is 7.38. The lowest BCUT2D eigenvalue weighted by molar-refractivity contribution is -0.115. The molecule has 0 atom stereocenters. The number of hydrogen-bond donors (Lipinski definition) is 2. The Kier molecular flexibility index (Phi) is 5.86. The van der Waals surface area contributed by atoms with Crippen LogP contribution in [0.1, 0.15) is 23.5 Å². The topological polar surface area (TPSA) is 76.4 Å². The number of halogens is 2. The smallest absolute Gasteiger partial charge is 0.333 e. The van der Waals surface area contributed by atoms with Crippen molar-refractivity contribution in [3.8, 4) is 5.75 Å². The Morgan fingerprint density at radius 3 is 2.54 bits per heavy atom. The van der Waals surface area contributed by atoms with Crippen molar-refractivity contribution >= 4 is 11.6 Å². The summed E-state index contributed by atoms with van der Waals surface area (Å²) in [5.74, 6) is 0.256. The minimum absolute atomic E-state index is 0.0346. The summed E-state index contributed by atoms with van der Waals surface area (Å²) in [7, 11) is 0. The average molecular weight is 339 g/mol. The highest BCUT2D eigenvalue weighted by Gasteiger charge is 2.19. The third-order valence-electron chi connectivity index (χ3n) is 3.50. The van der Waals surface area contributed by atoms with Crippen LogP contribution < -0.4 is 10.1 Å². The lowest BCUT2D eigenvalue weighted by atomic mass is 10.1. The molecule has 1 aromatic carbocycles. The standard InChI is InChI=1S/C16H19F2N3O3/c1-10-14(11(2)21(20-10)16(17)18)9-15(23)19-12-3-5-13(6-4-12)24-8-7-22/h3-6,16,22H,7-9H2,1-2H3,(H,19,23). The van der Waals surface area contributed by atoms with E-state index < -0.39 is 6.55 Å². The fraction of sp³-hybridized carbons (Fsp3) is 0.375. The Labute approximate surface area is 138 Å². The molecule has 0 aliphatic carbocycles. The molecule has 0 fully saturated rings. The number of hydrogen-bond acceptors (Lipinski definition) is 4. The highest BCUT2D eigenvalue weighted by molar-refractivity contribution is 5.92. The summed E-state index contributed by atoms with van der Waals surface area (Å²) in [5.41, 5.74) is 1.75. The number of rotatable bonds is 7. The molecule has 1 amide bonds. The fourth-order valence-electron chi connectivity index (χ4n) is 2.31. The van der Waals surface area contributed by atoms with E-state index in [4.69, 9.17) is 9.84 Å². The van der Waals surface area contributed by atoms with Gasteiger partial charge in [-0.15, -0.1) is 0 Å². The first-order valence-corrected chi connectivity index (χ1v) is 7.38. The van der Waals surface area contributed by atoms with Crippen LogP contribution in [0, 0.1) is 13.8 Å². The van der Waals surface area contributed by atoms with Crippen molar-refractivity contribution in [2.24, 2.45) is 0 Å². The third kappa shape index (κ3) is 4.29. The van der Waals surface area contributed by atoms with Crippen LogP contribution in [0.2, 0.25) is 0 Å². The van der Waals surface area contributed by atoms with Crippen LogP contribution >= 0.6 is 0 Å². The minimum Gasteiger partial charge on any atom is -0.491 e. The third-order valence-corrected chi connectivity index (χ3v) is 3.50. The van der Waals surface area contributed by atoms with E-state index >= 15 is 0 Å². The van der Waals surface area contributed by atoms with Gasteiger partial charge in [-0.25, -0.2) is 4.68 Å². The molecule has 1 heterocycles. The number of alkyl halides is 2. The van der Waals surface area contributed by atoms with Crippen LogP contribution in [-0.2, 0) is 11.2 Å². The van der Waals surface area contributed by atoms with E-state index in [2.05, 4.69) is 10.4 Å². The summed E-state index contributed by atoms with van der Waals surface area (Å²) in [6, 6.07) is 6.65. The zero-order valence-electron chi connectivity index (χ0n) is 13.4. The summed E-state index contributed by atoms with van der Waals surface area (Å²) in [6.45, 7) is 0.498. The molecule has 24 heavy (non-hydrogen) atoms. The van der Waals surface area contributed by atoms with Crippen molar-refractivity contribution in [1.29, 1.82) is 0 Å². The van der Waals surface area contributed by atoms with Gasteiger partial charge in [0.05, 0.1) is 18.7 Å². The molecule has 0 bridgehead atoms. The predicted octanol–water partition coefficient (Wildman–Crippen LogP) is 2.45. The van der Waals surface area contributed by atoms with E-state index in [1.165, 1.54) is 6.92 Å². The van der Waals surface area contributed by atoms with E-state index in [1.807, 2.05) is 0 Å². The highest BCUT2D eigenvalue weighted by atomic mass is 19.3. The second-order valence-corrected chi connectivity index (χ2v) is 5.19. The molecule has 0 saturated carbocycles. The Hall–Kier alpha value is -2.48. The summed E-state index contributed by atoms with van der Waals surface area (Å²) in [6.07, 6.45) is -0.0346. The van der Waals surface area contributed by atoms with E-state index in [1.54, 1.807) is 31.2 Å². The molecule has 0 spiro atoms. The van der Waals surface area contributed by atoms with Crippen molar-refractivity contribution in [1.82, 2.24) is 9.78 Å².